The number of aromatic amines is 1. The van der Waals surface area contributed by atoms with Gasteiger partial charge >= 0.3 is 5.69 Å². The Bertz CT molecular complexity index is 558. The molecule has 1 aromatic rings. The number of aromatic nitrogens is 2. The minimum absolute atomic E-state index is 0.152. The molecule has 108 valence electrons. The maximum Gasteiger partial charge on any atom is 0.329 e. The summed E-state index contributed by atoms with van der Waals surface area (Å²) in [6, 6.07) is 0. The van der Waals surface area contributed by atoms with E-state index in [9.17, 15) is 9.59 Å². The van der Waals surface area contributed by atoms with Crippen molar-refractivity contribution in [1.29, 1.82) is 0 Å². The van der Waals surface area contributed by atoms with Crippen molar-refractivity contribution in [2.24, 2.45) is 5.41 Å². The van der Waals surface area contributed by atoms with E-state index in [1.165, 1.54) is 4.57 Å². The molecule has 0 amide bonds. The molecule has 6 heteroatoms. The number of nitrogens with zero attached hydrogens (tertiary/aromatic N) is 2. The second-order valence-corrected chi connectivity index (χ2v) is 6.25. The summed E-state index contributed by atoms with van der Waals surface area (Å²) in [4.78, 5) is 28.7. The van der Waals surface area contributed by atoms with Crippen LogP contribution in [0.25, 0.3) is 0 Å². The van der Waals surface area contributed by atoms with Crippen LogP contribution >= 0.6 is 11.6 Å². The molecule has 0 aromatic carbocycles. The fraction of sp³-hybridized carbons (Fsp3) is 0.692. The summed E-state index contributed by atoms with van der Waals surface area (Å²) in [6.07, 6.45) is 0.503. The molecule has 5 nitrogen and oxygen atoms in total. The van der Waals surface area contributed by atoms with Crippen LogP contribution in [-0.4, -0.2) is 35.1 Å². The van der Waals surface area contributed by atoms with E-state index in [-0.39, 0.29) is 16.1 Å². The summed E-state index contributed by atoms with van der Waals surface area (Å²) >= 11 is 5.89. The summed E-state index contributed by atoms with van der Waals surface area (Å²) in [5.41, 5.74) is -0.455. The van der Waals surface area contributed by atoms with Gasteiger partial charge in [-0.1, -0.05) is 32.4 Å². The molecular weight excluding hydrogens is 266 g/mol. The average Bonchev–Trinajstić information content (AvgIpc) is 2.23. The van der Waals surface area contributed by atoms with Gasteiger partial charge in [0, 0.05) is 13.1 Å². The van der Waals surface area contributed by atoms with Crippen molar-refractivity contribution >= 4 is 11.6 Å². The van der Waals surface area contributed by atoms with Gasteiger partial charge in [-0.15, -0.1) is 0 Å². The molecule has 1 N–H and O–H groups in total. The number of hydrogen-bond acceptors (Lipinski definition) is 3. The highest BCUT2D eigenvalue weighted by Gasteiger charge is 2.22. The number of H-pyrrole nitrogens is 1. The lowest BCUT2D eigenvalue weighted by atomic mass is 9.93. The van der Waals surface area contributed by atoms with Crippen LogP contribution in [0.3, 0.4) is 0 Å². The van der Waals surface area contributed by atoms with Gasteiger partial charge in [0.1, 0.15) is 5.15 Å². The van der Waals surface area contributed by atoms with Gasteiger partial charge in [0.25, 0.3) is 5.56 Å². The minimum atomic E-state index is -0.445. The number of hydrogen-bond donors (Lipinski definition) is 1. The van der Waals surface area contributed by atoms with Crippen LogP contribution in [0.2, 0.25) is 5.15 Å². The molecule has 0 atom stereocenters. The molecule has 0 saturated carbocycles. The highest BCUT2D eigenvalue weighted by atomic mass is 35.5. The third-order valence-corrected chi connectivity index (χ3v) is 3.24. The molecule has 1 heterocycles. The highest BCUT2D eigenvalue weighted by Crippen LogP contribution is 2.17. The molecule has 19 heavy (non-hydrogen) atoms. The van der Waals surface area contributed by atoms with Crippen molar-refractivity contribution in [3.05, 3.63) is 31.6 Å². The predicted octanol–water partition coefficient (Wildman–Crippen LogP) is 1.34. The third-order valence-electron chi connectivity index (χ3n) is 2.91. The SMILES string of the molecule is CCc1c(Cl)[nH]c(=O)n(CC(C)(C)CN(C)C)c1=O. The molecule has 0 bridgehead atoms. The molecule has 1 rings (SSSR count). The van der Waals surface area contributed by atoms with Crippen molar-refractivity contribution in [2.75, 3.05) is 20.6 Å². The van der Waals surface area contributed by atoms with Crippen LogP contribution < -0.4 is 11.2 Å². The van der Waals surface area contributed by atoms with Gasteiger partial charge in [0.05, 0.1) is 5.56 Å². The highest BCUT2D eigenvalue weighted by molar-refractivity contribution is 6.30. The van der Waals surface area contributed by atoms with Crippen LogP contribution in [-0.2, 0) is 13.0 Å². The molecule has 0 radical (unpaired) electrons. The zero-order chi connectivity index (χ0) is 14.8. The molecule has 0 fully saturated rings. The van der Waals surface area contributed by atoms with Crippen molar-refractivity contribution < 1.29 is 0 Å². The molecular formula is C13H22ClN3O2. The normalized spacial score (nSPS) is 12.2. The molecule has 0 unspecified atom stereocenters. The monoisotopic (exact) mass is 287 g/mol. The van der Waals surface area contributed by atoms with Crippen molar-refractivity contribution in [1.82, 2.24) is 14.5 Å². The number of halogens is 1. The van der Waals surface area contributed by atoms with Crippen molar-refractivity contribution in [2.45, 2.75) is 33.7 Å². The topological polar surface area (TPSA) is 58.1 Å². The second kappa shape index (κ2) is 5.92. The minimum Gasteiger partial charge on any atom is -0.309 e. The lowest BCUT2D eigenvalue weighted by Gasteiger charge is -2.28. The maximum atomic E-state index is 12.3. The van der Waals surface area contributed by atoms with Gasteiger partial charge in [0.2, 0.25) is 0 Å². The molecule has 1 aromatic heterocycles. The van der Waals surface area contributed by atoms with Crippen molar-refractivity contribution in [3.63, 3.8) is 0 Å². The Kier molecular flexibility index (Phi) is 4.98. The van der Waals surface area contributed by atoms with E-state index < -0.39 is 5.69 Å². The molecule has 0 saturated heterocycles. The van der Waals surface area contributed by atoms with E-state index in [1.54, 1.807) is 0 Å². The first-order valence-corrected chi connectivity index (χ1v) is 6.72. The number of nitrogens with one attached hydrogen (secondary N) is 1. The summed E-state index contributed by atoms with van der Waals surface area (Å²) in [6.45, 7) is 7.04. The first-order valence-electron chi connectivity index (χ1n) is 6.34. The van der Waals surface area contributed by atoms with Crippen LogP contribution in [0.1, 0.15) is 26.3 Å². The first-order chi connectivity index (χ1) is 8.68. The van der Waals surface area contributed by atoms with E-state index in [2.05, 4.69) is 4.98 Å². The van der Waals surface area contributed by atoms with Crippen LogP contribution in [0, 0.1) is 5.41 Å². The molecule has 0 aliphatic rings. The van der Waals surface area contributed by atoms with Gasteiger partial charge in [0.15, 0.2) is 0 Å². The van der Waals surface area contributed by atoms with Gasteiger partial charge < -0.3 is 4.90 Å². The molecule has 0 spiro atoms. The quantitative estimate of drug-likeness (QED) is 0.832. The summed E-state index contributed by atoms with van der Waals surface area (Å²) < 4.78 is 1.24. The second-order valence-electron chi connectivity index (χ2n) is 5.87. The van der Waals surface area contributed by atoms with Gasteiger partial charge in [-0.3, -0.25) is 14.3 Å². The fourth-order valence-electron chi connectivity index (χ4n) is 2.37. The van der Waals surface area contributed by atoms with Gasteiger partial charge in [-0.25, -0.2) is 4.79 Å². The Labute approximate surface area is 118 Å². The van der Waals surface area contributed by atoms with Crippen LogP contribution in [0.4, 0.5) is 0 Å². The Morgan fingerprint density at radius 3 is 2.37 bits per heavy atom. The maximum absolute atomic E-state index is 12.3. The van der Waals surface area contributed by atoms with E-state index >= 15 is 0 Å². The Morgan fingerprint density at radius 1 is 1.32 bits per heavy atom. The zero-order valence-electron chi connectivity index (χ0n) is 12.2. The summed E-state index contributed by atoms with van der Waals surface area (Å²) in [5, 5.41) is 0.152. The summed E-state index contributed by atoms with van der Waals surface area (Å²) in [5.74, 6) is 0. The first kappa shape index (κ1) is 16.0. The van der Waals surface area contributed by atoms with Crippen LogP contribution in [0.5, 0.6) is 0 Å². The standard InChI is InChI=1S/C13H22ClN3O2/c1-6-9-10(14)15-12(19)17(11(9)18)8-13(2,3)7-16(4)5/h6-8H2,1-5H3,(H,15,19). The summed E-state index contributed by atoms with van der Waals surface area (Å²) in [7, 11) is 3.93. The van der Waals surface area contributed by atoms with E-state index in [0.29, 0.717) is 18.5 Å². The van der Waals surface area contributed by atoms with E-state index in [1.807, 2.05) is 39.8 Å². The zero-order valence-corrected chi connectivity index (χ0v) is 13.0. The lowest BCUT2D eigenvalue weighted by Crippen LogP contribution is -2.43. The smallest absolute Gasteiger partial charge is 0.309 e. The molecule has 0 aliphatic carbocycles. The van der Waals surface area contributed by atoms with Crippen LogP contribution in [0.15, 0.2) is 9.59 Å². The predicted molar refractivity (Wildman–Crippen MR) is 78.0 cm³/mol. The Balaban J connectivity index is 3.22. The fourth-order valence-corrected chi connectivity index (χ4v) is 2.67. The number of rotatable bonds is 5. The molecule has 0 aliphatic heterocycles. The van der Waals surface area contributed by atoms with Gasteiger partial charge in [-0.05, 0) is 25.9 Å². The van der Waals surface area contributed by atoms with Gasteiger partial charge in [-0.2, -0.15) is 0 Å². The van der Waals surface area contributed by atoms with E-state index in [0.717, 1.165) is 6.54 Å². The third kappa shape index (κ3) is 3.94. The van der Waals surface area contributed by atoms with E-state index in [4.69, 9.17) is 11.6 Å². The lowest BCUT2D eigenvalue weighted by molar-refractivity contribution is 0.206. The Hall–Kier alpha value is -1.07. The average molecular weight is 288 g/mol. The Morgan fingerprint density at radius 2 is 1.89 bits per heavy atom. The largest absolute Gasteiger partial charge is 0.329 e. The van der Waals surface area contributed by atoms with Crippen molar-refractivity contribution in [3.8, 4) is 0 Å².